The molecule has 0 aliphatic rings. The zero-order valence-corrected chi connectivity index (χ0v) is 20.6. The molecule has 2 N–H and O–H groups in total. The van der Waals surface area contributed by atoms with E-state index in [1.807, 2.05) is 13.8 Å². The van der Waals surface area contributed by atoms with Crippen molar-refractivity contribution in [3.05, 3.63) is 24.0 Å². The second kappa shape index (κ2) is 18.5. The van der Waals surface area contributed by atoms with E-state index in [0.717, 1.165) is 25.7 Å². The van der Waals surface area contributed by atoms with Crippen molar-refractivity contribution in [2.75, 3.05) is 13.2 Å². The SMILES string of the molecule is CCCCCCCC/C=C/CCCCCCC(C(N)=O)c1nc(OCC)cc(OCC)n1. The minimum atomic E-state index is -0.521. The fraction of sp³-hybridized carbons (Fsp3) is 0.731. The average Bonchev–Trinajstić information content (AvgIpc) is 2.76. The van der Waals surface area contributed by atoms with E-state index in [9.17, 15) is 4.79 Å². The summed E-state index contributed by atoms with van der Waals surface area (Å²) in [7, 11) is 0. The summed E-state index contributed by atoms with van der Waals surface area (Å²) in [6.45, 7) is 7.00. The van der Waals surface area contributed by atoms with Gasteiger partial charge in [0.2, 0.25) is 17.7 Å². The van der Waals surface area contributed by atoms with Gasteiger partial charge in [-0.05, 0) is 46.0 Å². The second-order valence-electron chi connectivity index (χ2n) is 8.24. The monoisotopic (exact) mass is 447 g/mol. The molecule has 0 spiro atoms. The molecule has 32 heavy (non-hydrogen) atoms. The molecule has 0 aromatic carbocycles. The Morgan fingerprint density at radius 2 is 1.34 bits per heavy atom. The topological polar surface area (TPSA) is 87.3 Å². The van der Waals surface area contributed by atoms with E-state index in [4.69, 9.17) is 15.2 Å². The van der Waals surface area contributed by atoms with E-state index in [1.54, 1.807) is 6.07 Å². The summed E-state index contributed by atoms with van der Waals surface area (Å²) in [6, 6.07) is 1.65. The lowest BCUT2D eigenvalue weighted by Crippen LogP contribution is -2.23. The fourth-order valence-electron chi connectivity index (χ4n) is 3.66. The van der Waals surface area contributed by atoms with Crippen LogP contribution in [0.1, 0.15) is 116 Å². The highest BCUT2D eigenvalue weighted by atomic mass is 16.5. The fourth-order valence-corrected chi connectivity index (χ4v) is 3.66. The number of hydrogen-bond donors (Lipinski definition) is 1. The zero-order valence-electron chi connectivity index (χ0n) is 20.6. The van der Waals surface area contributed by atoms with E-state index in [2.05, 4.69) is 29.0 Å². The summed E-state index contributed by atoms with van der Waals surface area (Å²) in [5.41, 5.74) is 5.66. The first kappa shape index (κ1) is 27.9. The number of nitrogens with two attached hydrogens (primary N) is 1. The van der Waals surface area contributed by atoms with Crippen molar-refractivity contribution in [1.29, 1.82) is 0 Å². The van der Waals surface area contributed by atoms with Gasteiger partial charge in [-0.1, -0.05) is 70.4 Å². The van der Waals surface area contributed by atoms with Crippen LogP contribution in [0.25, 0.3) is 0 Å². The summed E-state index contributed by atoms with van der Waals surface area (Å²) >= 11 is 0. The number of carbonyl (C=O) groups excluding carboxylic acids is 1. The van der Waals surface area contributed by atoms with Crippen molar-refractivity contribution in [2.24, 2.45) is 5.73 Å². The van der Waals surface area contributed by atoms with Crippen LogP contribution in [0.15, 0.2) is 18.2 Å². The zero-order chi connectivity index (χ0) is 23.4. The maximum Gasteiger partial charge on any atom is 0.228 e. The molecule has 1 unspecified atom stereocenters. The maximum absolute atomic E-state index is 12.1. The summed E-state index contributed by atoms with van der Waals surface area (Å²) in [4.78, 5) is 20.8. The van der Waals surface area contributed by atoms with Crippen LogP contribution in [-0.4, -0.2) is 29.1 Å². The molecule has 1 aromatic heterocycles. The highest BCUT2D eigenvalue weighted by molar-refractivity contribution is 5.80. The molecule has 182 valence electrons. The first-order valence-electron chi connectivity index (χ1n) is 12.7. The number of allylic oxidation sites excluding steroid dienone is 2. The molecule has 1 aromatic rings. The van der Waals surface area contributed by atoms with E-state index in [-0.39, 0.29) is 0 Å². The Labute approximate surface area is 195 Å². The van der Waals surface area contributed by atoms with E-state index in [0.29, 0.717) is 37.2 Å². The van der Waals surface area contributed by atoms with Gasteiger partial charge in [-0.2, -0.15) is 9.97 Å². The van der Waals surface area contributed by atoms with Crippen LogP contribution < -0.4 is 15.2 Å². The molecule has 1 rings (SSSR count). The quantitative estimate of drug-likeness (QED) is 0.182. The van der Waals surface area contributed by atoms with Crippen LogP contribution in [0.4, 0.5) is 0 Å². The minimum Gasteiger partial charge on any atom is -0.478 e. The van der Waals surface area contributed by atoms with Crippen molar-refractivity contribution in [1.82, 2.24) is 9.97 Å². The van der Waals surface area contributed by atoms with Crippen molar-refractivity contribution in [3.8, 4) is 11.8 Å². The van der Waals surface area contributed by atoms with Gasteiger partial charge in [-0.3, -0.25) is 4.79 Å². The molecule has 0 saturated heterocycles. The summed E-state index contributed by atoms with van der Waals surface area (Å²) in [5.74, 6) is 0.301. The molecule has 1 heterocycles. The smallest absolute Gasteiger partial charge is 0.228 e. The van der Waals surface area contributed by atoms with Crippen molar-refractivity contribution >= 4 is 5.91 Å². The third kappa shape index (κ3) is 12.7. The average molecular weight is 448 g/mol. The lowest BCUT2D eigenvalue weighted by atomic mass is 9.98. The minimum absolute atomic E-state index is 0.393. The third-order valence-electron chi connectivity index (χ3n) is 5.44. The van der Waals surface area contributed by atoms with Crippen molar-refractivity contribution in [2.45, 2.75) is 110 Å². The Bertz CT molecular complexity index is 625. The van der Waals surface area contributed by atoms with Crippen LogP contribution in [0.2, 0.25) is 0 Å². The normalized spacial score (nSPS) is 12.2. The summed E-state index contributed by atoms with van der Waals surface area (Å²) in [6.07, 6.45) is 20.1. The number of primary amides is 1. The molecule has 0 saturated carbocycles. The number of ether oxygens (including phenoxy) is 2. The van der Waals surface area contributed by atoms with Crippen LogP contribution in [0.3, 0.4) is 0 Å². The Morgan fingerprint density at radius 3 is 1.84 bits per heavy atom. The van der Waals surface area contributed by atoms with Gasteiger partial charge in [0, 0.05) is 0 Å². The van der Waals surface area contributed by atoms with Crippen molar-refractivity contribution < 1.29 is 14.3 Å². The molecule has 1 atom stereocenters. The van der Waals surface area contributed by atoms with E-state index in [1.165, 1.54) is 51.4 Å². The molecule has 0 radical (unpaired) electrons. The molecule has 0 bridgehead atoms. The Hall–Kier alpha value is -2.11. The molecule has 1 amide bonds. The van der Waals surface area contributed by atoms with Gasteiger partial charge in [0.05, 0.1) is 25.2 Å². The van der Waals surface area contributed by atoms with E-state index >= 15 is 0 Å². The van der Waals surface area contributed by atoms with Gasteiger partial charge in [0.1, 0.15) is 5.82 Å². The molecule has 6 heteroatoms. The maximum atomic E-state index is 12.1. The predicted octanol–water partition coefficient (Wildman–Crippen LogP) is 6.49. The van der Waals surface area contributed by atoms with Crippen LogP contribution >= 0.6 is 0 Å². The first-order valence-corrected chi connectivity index (χ1v) is 12.7. The first-order chi connectivity index (χ1) is 15.6. The summed E-state index contributed by atoms with van der Waals surface area (Å²) < 4.78 is 11.0. The molecule has 0 fully saturated rings. The molecular weight excluding hydrogens is 402 g/mol. The summed E-state index contributed by atoms with van der Waals surface area (Å²) in [5, 5.41) is 0. The molecule has 0 aliphatic carbocycles. The number of amides is 1. The number of carbonyl (C=O) groups is 1. The van der Waals surface area contributed by atoms with Crippen LogP contribution in [0, 0.1) is 0 Å². The van der Waals surface area contributed by atoms with Crippen LogP contribution in [-0.2, 0) is 4.79 Å². The van der Waals surface area contributed by atoms with Crippen LogP contribution in [0.5, 0.6) is 11.8 Å². The number of aromatic nitrogens is 2. The third-order valence-corrected chi connectivity index (χ3v) is 5.44. The second-order valence-corrected chi connectivity index (χ2v) is 8.24. The lowest BCUT2D eigenvalue weighted by Gasteiger charge is -2.14. The van der Waals surface area contributed by atoms with Gasteiger partial charge in [0.15, 0.2) is 0 Å². The number of rotatable bonds is 20. The predicted molar refractivity (Wildman–Crippen MR) is 131 cm³/mol. The Balaban J connectivity index is 2.31. The highest BCUT2D eigenvalue weighted by Gasteiger charge is 2.22. The highest BCUT2D eigenvalue weighted by Crippen LogP contribution is 2.25. The lowest BCUT2D eigenvalue weighted by molar-refractivity contribution is -0.119. The number of nitrogens with zero attached hydrogens (tertiary/aromatic N) is 2. The largest absolute Gasteiger partial charge is 0.478 e. The number of hydrogen-bond acceptors (Lipinski definition) is 5. The molecular formula is C26H45N3O3. The van der Waals surface area contributed by atoms with E-state index < -0.39 is 11.8 Å². The van der Waals surface area contributed by atoms with Gasteiger partial charge in [-0.15, -0.1) is 0 Å². The van der Waals surface area contributed by atoms with Gasteiger partial charge in [0.25, 0.3) is 0 Å². The molecule has 6 nitrogen and oxygen atoms in total. The van der Waals surface area contributed by atoms with Gasteiger partial charge >= 0.3 is 0 Å². The molecule has 0 aliphatic heterocycles. The number of unbranched alkanes of at least 4 members (excludes halogenated alkanes) is 10. The van der Waals surface area contributed by atoms with Gasteiger partial charge in [-0.25, -0.2) is 0 Å². The Kier molecular flexibility index (Phi) is 16.1. The van der Waals surface area contributed by atoms with Gasteiger partial charge < -0.3 is 15.2 Å². The standard InChI is InChI=1S/C26H45N3O3/c1-4-7-8-9-10-11-12-13-14-15-16-17-18-19-20-22(25(27)30)26-28-23(31-5-2)21-24(29-26)32-6-3/h13-14,21-22H,4-12,15-20H2,1-3H3,(H2,27,30)/b14-13+. The Morgan fingerprint density at radius 1 is 0.844 bits per heavy atom. The van der Waals surface area contributed by atoms with Crippen molar-refractivity contribution in [3.63, 3.8) is 0 Å².